The van der Waals surface area contributed by atoms with Gasteiger partial charge in [-0.3, -0.25) is 9.59 Å². The molecule has 2 aliphatic rings. The number of ether oxygens (including phenoxy) is 1. The van der Waals surface area contributed by atoms with Gasteiger partial charge in [-0.1, -0.05) is 80.4 Å². The van der Waals surface area contributed by atoms with Crippen molar-refractivity contribution < 1.29 is 14.3 Å². The van der Waals surface area contributed by atoms with Crippen LogP contribution in [0, 0.1) is 11.8 Å². The Morgan fingerprint density at radius 3 is 2.42 bits per heavy atom. The van der Waals surface area contributed by atoms with Crippen LogP contribution >= 0.6 is 0 Å². The average molecular weight is 449 g/mol. The molecule has 2 aromatic rings. The summed E-state index contributed by atoms with van der Waals surface area (Å²) in [5.41, 5.74) is 2.08. The lowest BCUT2D eigenvalue weighted by Gasteiger charge is -2.41. The van der Waals surface area contributed by atoms with Gasteiger partial charge < -0.3 is 15.0 Å². The molecule has 4 atom stereocenters. The molecule has 4 unspecified atom stereocenters. The first-order chi connectivity index (χ1) is 16.1. The Bertz CT molecular complexity index is 902. The lowest BCUT2D eigenvalue weighted by molar-refractivity contribution is -0.144. The van der Waals surface area contributed by atoms with Crippen LogP contribution in [0.2, 0.25) is 0 Å². The van der Waals surface area contributed by atoms with Gasteiger partial charge in [-0.25, -0.2) is 0 Å². The summed E-state index contributed by atoms with van der Waals surface area (Å²) in [5, 5.41) is 3.10. The highest BCUT2D eigenvalue weighted by atomic mass is 16.5. The van der Waals surface area contributed by atoms with Crippen molar-refractivity contribution in [1.82, 2.24) is 10.2 Å². The minimum absolute atomic E-state index is 0.00899. The predicted molar refractivity (Wildman–Crippen MR) is 129 cm³/mol. The molecule has 5 nitrogen and oxygen atoms in total. The second-order valence-corrected chi connectivity index (χ2v) is 9.47. The van der Waals surface area contributed by atoms with Crippen LogP contribution in [0.5, 0.6) is 0 Å². The number of nitrogens with one attached hydrogen (secondary N) is 1. The average Bonchev–Trinajstić information content (AvgIpc) is 2.85. The standard InChI is InChI=1S/C28H36N2O3/c1-21-10-8-9-15-25(21)33-19-18-29-28(32)24-16-17-26(31)30(20-22-11-4-2-5-12-22)27(24)23-13-6-3-7-14-23/h2-7,11-14,21,24-25,27H,8-10,15-20H2,1H3,(H,29,32). The number of carbonyl (C=O) groups is 2. The molecule has 1 N–H and O–H groups in total. The maximum atomic E-state index is 13.3. The van der Waals surface area contributed by atoms with Crippen LogP contribution in [0.25, 0.3) is 0 Å². The van der Waals surface area contributed by atoms with Crippen LogP contribution in [-0.4, -0.2) is 36.0 Å². The molecule has 1 aliphatic carbocycles. The largest absolute Gasteiger partial charge is 0.376 e. The summed E-state index contributed by atoms with van der Waals surface area (Å²) in [6, 6.07) is 19.7. The molecule has 176 valence electrons. The van der Waals surface area contributed by atoms with Gasteiger partial charge in [-0.2, -0.15) is 0 Å². The van der Waals surface area contributed by atoms with Gasteiger partial charge in [0, 0.05) is 19.5 Å². The van der Waals surface area contributed by atoms with E-state index in [1.807, 2.05) is 65.6 Å². The fourth-order valence-electron chi connectivity index (χ4n) is 5.30. The zero-order valence-corrected chi connectivity index (χ0v) is 19.6. The molecule has 4 rings (SSSR count). The Balaban J connectivity index is 1.43. The van der Waals surface area contributed by atoms with E-state index in [0.717, 1.165) is 17.5 Å². The molecular formula is C28H36N2O3. The van der Waals surface area contributed by atoms with Crippen molar-refractivity contribution in [2.45, 2.75) is 64.1 Å². The van der Waals surface area contributed by atoms with Crippen molar-refractivity contribution in [3.05, 3.63) is 71.8 Å². The summed E-state index contributed by atoms with van der Waals surface area (Å²) in [6.45, 7) is 3.81. The number of likely N-dealkylation sites (tertiary alicyclic amines) is 1. The van der Waals surface area contributed by atoms with Crippen LogP contribution in [-0.2, 0) is 20.9 Å². The highest BCUT2D eigenvalue weighted by Crippen LogP contribution is 2.38. The fraction of sp³-hybridized carbons (Fsp3) is 0.500. The monoisotopic (exact) mass is 448 g/mol. The van der Waals surface area contributed by atoms with E-state index in [-0.39, 0.29) is 23.8 Å². The van der Waals surface area contributed by atoms with Gasteiger partial charge in [0.05, 0.1) is 24.7 Å². The summed E-state index contributed by atoms with van der Waals surface area (Å²) in [4.78, 5) is 28.2. The number of amides is 2. The normalized spacial score (nSPS) is 25.6. The summed E-state index contributed by atoms with van der Waals surface area (Å²) < 4.78 is 6.08. The number of piperidine rings is 1. The van der Waals surface area contributed by atoms with Crippen molar-refractivity contribution >= 4 is 11.8 Å². The molecule has 2 fully saturated rings. The van der Waals surface area contributed by atoms with Crippen LogP contribution in [0.3, 0.4) is 0 Å². The molecule has 0 spiro atoms. The van der Waals surface area contributed by atoms with E-state index in [2.05, 4.69) is 12.2 Å². The SMILES string of the molecule is CC1CCCCC1OCCNC(=O)C1CCC(=O)N(Cc2ccccc2)C1c1ccccc1. The van der Waals surface area contributed by atoms with E-state index >= 15 is 0 Å². The van der Waals surface area contributed by atoms with Gasteiger partial charge >= 0.3 is 0 Å². The quantitative estimate of drug-likeness (QED) is 0.586. The molecule has 33 heavy (non-hydrogen) atoms. The predicted octanol–water partition coefficient (Wildman–Crippen LogP) is 4.88. The maximum absolute atomic E-state index is 13.3. The highest BCUT2D eigenvalue weighted by Gasteiger charge is 2.40. The van der Waals surface area contributed by atoms with Gasteiger partial charge in [0.15, 0.2) is 0 Å². The first kappa shape index (κ1) is 23.5. The number of benzene rings is 2. The van der Waals surface area contributed by atoms with Crippen LogP contribution in [0.4, 0.5) is 0 Å². The second-order valence-electron chi connectivity index (χ2n) is 9.47. The van der Waals surface area contributed by atoms with E-state index in [4.69, 9.17) is 4.74 Å². The molecular weight excluding hydrogens is 412 g/mol. The molecule has 0 aromatic heterocycles. The van der Waals surface area contributed by atoms with Gasteiger partial charge in [-0.05, 0) is 36.3 Å². The fourth-order valence-corrected chi connectivity index (χ4v) is 5.30. The Morgan fingerprint density at radius 1 is 1.00 bits per heavy atom. The van der Waals surface area contributed by atoms with Gasteiger partial charge in [0.2, 0.25) is 11.8 Å². The molecule has 5 heteroatoms. The van der Waals surface area contributed by atoms with E-state index < -0.39 is 0 Å². The maximum Gasteiger partial charge on any atom is 0.225 e. The van der Waals surface area contributed by atoms with Gasteiger partial charge in [0.1, 0.15) is 0 Å². The number of hydrogen-bond donors (Lipinski definition) is 1. The molecule has 2 aromatic carbocycles. The zero-order valence-electron chi connectivity index (χ0n) is 19.6. The van der Waals surface area contributed by atoms with E-state index in [1.165, 1.54) is 19.3 Å². The number of rotatable bonds is 8. The lowest BCUT2D eigenvalue weighted by atomic mass is 9.83. The van der Waals surface area contributed by atoms with Gasteiger partial charge in [-0.15, -0.1) is 0 Å². The third-order valence-electron chi connectivity index (χ3n) is 7.15. The highest BCUT2D eigenvalue weighted by molar-refractivity contribution is 5.85. The first-order valence-corrected chi connectivity index (χ1v) is 12.4. The number of nitrogens with zero attached hydrogens (tertiary/aromatic N) is 1. The van der Waals surface area contributed by atoms with E-state index in [9.17, 15) is 9.59 Å². The molecule has 0 bridgehead atoms. The second kappa shape index (κ2) is 11.5. The summed E-state index contributed by atoms with van der Waals surface area (Å²) in [7, 11) is 0. The van der Waals surface area contributed by atoms with Crippen molar-refractivity contribution in [3.8, 4) is 0 Å². The van der Waals surface area contributed by atoms with E-state index in [0.29, 0.717) is 44.6 Å². The molecule has 1 aliphatic heterocycles. The first-order valence-electron chi connectivity index (χ1n) is 12.4. The minimum atomic E-state index is -0.276. The van der Waals surface area contributed by atoms with Crippen molar-refractivity contribution in [3.63, 3.8) is 0 Å². The van der Waals surface area contributed by atoms with Crippen molar-refractivity contribution in [1.29, 1.82) is 0 Å². The molecule has 1 saturated heterocycles. The Labute approximate surface area is 197 Å². The topological polar surface area (TPSA) is 58.6 Å². The third kappa shape index (κ3) is 6.02. The smallest absolute Gasteiger partial charge is 0.225 e. The number of hydrogen-bond acceptors (Lipinski definition) is 3. The lowest BCUT2D eigenvalue weighted by Crippen LogP contribution is -2.48. The van der Waals surface area contributed by atoms with Crippen molar-refractivity contribution in [2.75, 3.05) is 13.2 Å². The third-order valence-corrected chi connectivity index (χ3v) is 7.15. The molecule has 0 radical (unpaired) electrons. The zero-order chi connectivity index (χ0) is 23.0. The van der Waals surface area contributed by atoms with Crippen LogP contribution in [0.15, 0.2) is 60.7 Å². The van der Waals surface area contributed by atoms with Crippen LogP contribution in [0.1, 0.15) is 62.6 Å². The molecule has 1 saturated carbocycles. The van der Waals surface area contributed by atoms with Crippen molar-refractivity contribution in [2.24, 2.45) is 11.8 Å². The Kier molecular flexibility index (Phi) is 8.16. The summed E-state index contributed by atoms with van der Waals surface area (Å²) in [5.74, 6) is 0.427. The number of carbonyl (C=O) groups excluding carboxylic acids is 2. The summed E-state index contributed by atoms with van der Waals surface area (Å²) >= 11 is 0. The summed E-state index contributed by atoms with van der Waals surface area (Å²) in [6.07, 6.45) is 6.13. The molecule has 1 heterocycles. The molecule has 2 amide bonds. The van der Waals surface area contributed by atoms with Gasteiger partial charge in [0.25, 0.3) is 0 Å². The van der Waals surface area contributed by atoms with Crippen LogP contribution < -0.4 is 5.32 Å². The Hall–Kier alpha value is -2.66. The van der Waals surface area contributed by atoms with E-state index in [1.54, 1.807) is 0 Å². The minimum Gasteiger partial charge on any atom is -0.376 e. The Morgan fingerprint density at radius 2 is 1.70 bits per heavy atom.